The first-order valence-electron chi connectivity index (χ1n) is 6.30. The summed E-state index contributed by atoms with van der Waals surface area (Å²) in [5.41, 5.74) is 3.56. The number of alkyl halides is 1. The lowest BCUT2D eigenvalue weighted by molar-refractivity contribution is 0.407. The first-order chi connectivity index (χ1) is 9.33. The predicted octanol–water partition coefficient (Wildman–Crippen LogP) is 3.72. The van der Waals surface area contributed by atoms with Crippen molar-refractivity contribution in [3.8, 4) is 5.75 Å². The quantitative estimate of drug-likeness (QED) is 0.811. The standard InChI is InChI=1S/C16H18ClNO/c1-19-16-8-3-2-7-15(16)12-18-11-14-6-4-5-13(9-14)10-17/h2-9,18H,10-12H2,1H3. The number of hydrogen-bond acceptors (Lipinski definition) is 2. The van der Waals surface area contributed by atoms with Gasteiger partial charge in [0.25, 0.3) is 0 Å². The number of methoxy groups -OCH3 is 1. The molecule has 0 radical (unpaired) electrons. The summed E-state index contributed by atoms with van der Waals surface area (Å²) in [6, 6.07) is 16.4. The van der Waals surface area contributed by atoms with Gasteiger partial charge in [0.2, 0.25) is 0 Å². The molecule has 0 spiro atoms. The van der Waals surface area contributed by atoms with Gasteiger partial charge in [-0.15, -0.1) is 11.6 Å². The van der Waals surface area contributed by atoms with Crippen LogP contribution in [0.1, 0.15) is 16.7 Å². The van der Waals surface area contributed by atoms with Gasteiger partial charge in [-0.2, -0.15) is 0 Å². The molecule has 2 rings (SSSR count). The Labute approximate surface area is 119 Å². The lowest BCUT2D eigenvalue weighted by Gasteiger charge is -2.10. The molecule has 100 valence electrons. The summed E-state index contributed by atoms with van der Waals surface area (Å²) in [6.45, 7) is 1.61. The molecule has 0 saturated carbocycles. The molecule has 0 aromatic heterocycles. The maximum atomic E-state index is 5.83. The van der Waals surface area contributed by atoms with E-state index in [4.69, 9.17) is 16.3 Å². The van der Waals surface area contributed by atoms with Gasteiger partial charge in [0, 0.05) is 24.5 Å². The third-order valence-electron chi connectivity index (χ3n) is 2.98. The molecule has 0 unspecified atom stereocenters. The van der Waals surface area contributed by atoms with Crippen molar-refractivity contribution in [2.45, 2.75) is 19.0 Å². The summed E-state index contributed by atoms with van der Waals surface area (Å²) in [7, 11) is 1.70. The second kappa shape index (κ2) is 7.17. The third kappa shape index (κ3) is 3.98. The van der Waals surface area contributed by atoms with Crippen molar-refractivity contribution in [3.05, 3.63) is 65.2 Å². The van der Waals surface area contributed by atoms with Gasteiger partial charge in [0.1, 0.15) is 5.75 Å². The molecule has 2 nitrogen and oxygen atoms in total. The van der Waals surface area contributed by atoms with Crippen molar-refractivity contribution in [2.75, 3.05) is 7.11 Å². The van der Waals surface area contributed by atoms with Crippen LogP contribution in [0.15, 0.2) is 48.5 Å². The zero-order valence-electron chi connectivity index (χ0n) is 11.0. The molecule has 0 amide bonds. The minimum absolute atomic E-state index is 0.556. The highest BCUT2D eigenvalue weighted by Crippen LogP contribution is 2.17. The van der Waals surface area contributed by atoms with Crippen LogP contribution in [0.3, 0.4) is 0 Å². The summed E-state index contributed by atoms with van der Waals surface area (Å²) in [6.07, 6.45) is 0. The Hall–Kier alpha value is -1.51. The second-order valence-electron chi connectivity index (χ2n) is 4.37. The van der Waals surface area contributed by atoms with Crippen LogP contribution in [0, 0.1) is 0 Å². The van der Waals surface area contributed by atoms with Crippen LogP contribution in [0.5, 0.6) is 5.75 Å². The number of ether oxygens (including phenoxy) is 1. The maximum Gasteiger partial charge on any atom is 0.123 e. The zero-order chi connectivity index (χ0) is 13.5. The number of benzene rings is 2. The van der Waals surface area contributed by atoms with E-state index in [9.17, 15) is 0 Å². The average molecular weight is 276 g/mol. The summed E-state index contributed by atoms with van der Waals surface area (Å²) in [5, 5.41) is 3.42. The molecule has 0 atom stereocenters. The van der Waals surface area contributed by atoms with Crippen molar-refractivity contribution in [1.29, 1.82) is 0 Å². The van der Waals surface area contributed by atoms with E-state index in [2.05, 4.69) is 23.5 Å². The van der Waals surface area contributed by atoms with Crippen molar-refractivity contribution in [3.63, 3.8) is 0 Å². The van der Waals surface area contributed by atoms with Crippen molar-refractivity contribution in [1.82, 2.24) is 5.32 Å². The van der Waals surface area contributed by atoms with E-state index in [1.54, 1.807) is 7.11 Å². The largest absolute Gasteiger partial charge is 0.496 e. The molecule has 0 aliphatic heterocycles. The average Bonchev–Trinajstić information content (AvgIpc) is 2.48. The first-order valence-corrected chi connectivity index (χ1v) is 6.83. The van der Waals surface area contributed by atoms with Gasteiger partial charge in [-0.05, 0) is 17.2 Å². The summed E-state index contributed by atoms with van der Waals surface area (Å²) < 4.78 is 5.33. The van der Waals surface area contributed by atoms with Crippen LogP contribution < -0.4 is 10.1 Å². The smallest absolute Gasteiger partial charge is 0.123 e. The first kappa shape index (κ1) is 13.9. The molecule has 0 saturated heterocycles. The molecular weight excluding hydrogens is 258 g/mol. The van der Waals surface area contributed by atoms with Gasteiger partial charge in [0.15, 0.2) is 0 Å². The molecular formula is C16H18ClNO. The van der Waals surface area contributed by atoms with E-state index in [1.165, 1.54) is 11.1 Å². The highest BCUT2D eigenvalue weighted by Gasteiger charge is 2.01. The minimum atomic E-state index is 0.556. The number of halogens is 1. The Morgan fingerprint density at radius 2 is 1.79 bits per heavy atom. The van der Waals surface area contributed by atoms with Gasteiger partial charge in [-0.25, -0.2) is 0 Å². The molecule has 0 heterocycles. The topological polar surface area (TPSA) is 21.3 Å². The van der Waals surface area contributed by atoms with Crippen LogP contribution in [0.4, 0.5) is 0 Å². The Bertz CT molecular complexity index is 528. The van der Waals surface area contributed by atoms with Crippen LogP contribution >= 0.6 is 11.6 Å². The fraction of sp³-hybridized carbons (Fsp3) is 0.250. The second-order valence-corrected chi connectivity index (χ2v) is 4.64. The maximum absolute atomic E-state index is 5.83. The number of rotatable bonds is 6. The molecule has 0 aliphatic carbocycles. The minimum Gasteiger partial charge on any atom is -0.496 e. The molecule has 0 bridgehead atoms. The molecule has 3 heteroatoms. The van der Waals surface area contributed by atoms with Crippen molar-refractivity contribution in [2.24, 2.45) is 0 Å². The van der Waals surface area contributed by atoms with Gasteiger partial charge >= 0.3 is 0 Å². The highest BCUT2D eigenvalue weighted by molar-refractivity contribution is 6.17. The molecule has 19 heavy (non-hydrogen) atoms. The van der Waals surface area contributed by atoms with E-state index >= 15 is 0 Å². The fourth-order valence-corrected chi connectivity index (χ4v) is 2.18. The van der Waals surface area contributed by atoms with Gasteiger partial charge < -0.3 is 10.1 Å². The molecule has 1 N–H and O–H groups in total. The van der Waals surface area contributed by atoms with Gasteiger partial charge in [0.05, 0.1) is 7.11 Å². The van der Waals surface area contributed by atoms with E-state index in [0.717, 1.165) is 24.4 Å². The SMILES string of the molecule is COc1ccccc1CNCc1cccc(CCl)c1. The highest BCUT2D eigenvalue weighted by atomic mass is 35.5. The lowest BCUT2D eigenvalue weighted by atomic mass is 10.1. The molecule has 2 aromatic carbocycles. The Balaban J connectivity index is 1.92. The van der Waals surface area contributed by atoms with E-state index in [-0.39, 0.29) is 0 Å². The number of nitrogens with one attached hydrogen (secondary N) is 1. The molecule has 2 aromatic rings. The van der Waals surface area contributed by atoms with Crippen molar-refractivity contribution >= 4 is 11.6 Å². The van der Waals surface area contributed by atoms with E-state index < -0.39 is 0 Å². The number of hydrogen-bond donors (Lipinski definition) is 1. The van der Waals surface area contributed by atoms with Gasteiger partial charge in [-0.3, -0.25) is 0 Å². The lowest BCUT2D eigenvalue weighted by Crippen LogP contribution is -2.13. The van der Waals surface area contributed by atoms with E-state index in [1.807, 2.05) is 30.3 Å². The van der Waals surface area contributed by atoms with Gasteiger partial charge in [-0.1, -0.05) is 42.5 Å². The summed E-state index contributed by atoms with van der Waals surface area (Å²) in [5.74, 6) is 1.48. The normalized spacial score (nSPS) is 10.4. The van der Waals surface area contributed by atoms with Crippen molar-refractivity contribution < 1.29 is 4.74 Å². The summed E-state index contributed by atoms with van der Waals surface area (Å²) >= 11 is 5.83. The number of para-hydroxylation sites is 1. The molecule has 0 aliphatic rings. The van der Waals surface area contributed by atoms with E-state index in [0.29, 0.717) is 5.88 Å². The van der Waals surface area contributed by atoms with Crippen LogP contribution in [0.25, 0.3) is 0 Å². The monoisotopic (exact) mass is 275 g/mol. The fourth-order valence-electron chi connectivity index (χ4n) is 2.01. The summed E-state index contributed by atoms with van der Waals surface area (Å²) in [4.78, 5) is 0. The molecule has 0 fully saturated rings. The Kier molecular flexibility index (Phi) is 5.25. The van der Waals surface area contributed by atoms with Crippen LogP contribution in [0.2, 0.25) is 0 Å². The zero-order valence-corrected chi connectivity index (χ0v) is 11.8. The Morgan fingerprint density at radius 3 is 2.58 bits per heavy atom. The Morgan fingerprint density at radius 1 is 1.00 bits per heavy atom. The van der Waals surface area contributed by atoms with Crippen LogP contribution in [-0.4, -0.2) is 7.11 Å². The third-order valence-corrected chi connectivity index (χ3v) is 3.29. The van der Waals surface area contributed by atoms with Crippen LogP contribution in [-0.2, 0) is 19.0 Å². The predicted molar refractivity (Wildman–Crippen MR) is 79.5 cm³/mol.